The second-order valence-electron chi connectivity index (χ2n) is 6.75. The van der Waals surface area contributed by atoms with Gasteiger partial charge in [-0.2, -0.15) is 0 Å². The van der Waals surface area contributed by atoms with Gasteiger partial charge in [-0.05, 0) is 22.3 Å². The first-order valence-electron chi connectivity index (χ1n) is 7.76. The predicted molar refractivity (Wildman–Crippen MR) is 107 cm³/mol. The molecular weight excluding hydrogens is 399 g/mol. The lowest BCUT2D eigenvalue weighted by atomic mass is 10.2. The summed E-state index contributed by atoms with van der Waals surface area (Å²) >= 11 is 2.42. The predicted octanol–water partition coefficient (Wildman–Crippen LogP) is 4.39. The first-order valence-corrected chi connectivity index (χ1v) is 11.2. The summed E-state index contributed by atoms with van der Waals surface area (Å²) in [4.78, 5) is 0. The molecule has 2 aromatic rings. The number of hydrogen-bond donors (Lipinski definition) is 0. The molecule has 22 heavy (non-hydrogen) atoms. The largest absolute Gasteiger partial charge is 0.404 e. The van der Waals surface area contributed by atoms with Gasteiger partial charge >= 0.3 is 0 Å². The van der Waals surface area contributed by atoms with Crippen molar-refractivity contribution < 1.29 is 4.43 Å². The SMILES string of the molecule is CC(CI)O[Si](c1ccccc1)(c1ccccc1)C(C)(C)C. The number of alkyl halides is 1. The minimum atomic E-state index is -2.34. The van der Waals surface area contributed by atoms with Crippen molar-refractivity contribution in [3.05, 3.63) is 60.7 Å². The van der Waals surface area contributed by atoms with Gasteiger partial charge in [-0.1, -0.05) is 104 Å². The van der Waals surface area contributed by atoms with Gasteiger partial charge in [0.15, 0.2) is 0 Å². The molecule has 0 amide bonds. The summed E-state index contributed by atoms with van der Waals surface area (Å²) in [6, 6.07) is 21.6. The standard InChI is InChI=1S/C19H25IOSi/c1-16(15-20)21-22(19(2,3)4,17-11-7-5-8-12-17)18-13-9-6-10-14-18/h5-14,16H,15H2,1-4H3. The molecule has 1 nitrogen and oxygen atoms in total. The Morgan fingerprint density at radius 1 is 0.909 bits per heavy atom. The van der Waals surface area contributed by atoms with E-state index in [1.165, 1.54) is 10.4 Å². The number of rotatable bonds is 5. The van der Waals surface area contributed by atoms with Crippen molar-refractivity contribution >= 4 is 41.3 Å². The summed E-state index contributed by atoms with van der Waals surface area (Å²) in [5, 5.41) is 2.77. The highest BCUT2D eigenvalue weighted by molar-refractivity contribution is 14.1. The molecule has 0 saturated carbocycles. The van der Waals surface area contributed by atoms with E-state index in [4.69, 9.17) is 4.43 Å². The Morgan fingerprint density at radius 2 is 1.32 bits per heavy atom. The molecule has 0 saturated heterocycles. The second kappa shape index (κ2) is 7.28. The van der Waals surface area contributed by atoms with Crippen LogP contribution in [0.15, 0.2) is 60.7 Å². The van der Waals surface area contributed by atoms with Gasteiger partial charge in [0.25, 0.3) is 8.32 Å². The Balaban J connectivity index is 2.70. The molecule has 1 atom stereocenters. The lowest BCUT2D eigenvalue weighted by Crippen LogP contribution is -2.67. The fourth-order valence-electron chi connectivity index (χ4n) is 3.02. The second-order valence-corrected chi connectivity index (χ2v) is 11.9. The van der Waals surface area contributed by atoms with E-state index >= 15 is 0 Å². The van der Waals surface area contributed by atoms with Crippen LogP contribution in [0.4, 0.5) is 0 Å². The molecule has 0 spiro atoms. The maximum atomic E-state index is 6.86. The third-order valence-corrected chi connectivity index (χ3v) is 10.4. The van der Waals surface area contributed by atoms with Gasteiger partial charge in [0, 0.05) is 4.43 Å². The van der Waals surface area contributed by atoms with Gasteiger partial charge in [0.05, 0.1) is 6.10 Å². The minimum absolute atomic E-state index is 0.0653. The van der Waals surface area contributed by atoms with Gasteiger partial charge in [-0.15, -0.1) is 0 Å². The van der Waals surface area contributed by atoms with E-state index in [1.807, 2.05) is 0 Å². The molecule has 0 aliphatic rings. The summed E-state index contributed by atoms with van der Waals surface area (Å²) in [5.74, 6) is 0. The molecule has 0 fully saturated rings. The van der Waals surface area contributed by atoms with Crippen LogP contribution in [0.25, 0.3) is 0 Å². The van der Waals surface area contributed by atoms with Crippen LogP contribution in [0.3, 0.4) is 0 Å². The smallest absolute Gasteiger partial charge is 0.261 e. The zero-order valence-corrected chi connectivity index (χ0v) is 17.0. The van der Waals surface area contributed by atoms with Crippen LogP contribution >= 0.6 is 22.6 Å². The highest BCUT2D eigenvalue weighted by Gasteiger charge is 2.50. The van der Waals surface area contributed by atoms with E-state index in [0.717, 1.165) is 4.43 Å². The van der Waals surface area contributed by atoms with E-state index in [0.29, 0.717) is 0 Å². The number of benzene rings is 2. The molecule has 2 rings (SSSR count). The van der Waals surface area contributed by atoms with Crippen LogP contribution in [0.1, 0.15) is 27.7 Å². The topological polar surface area (TPSA) is 9.23 Å². The quantitative estimate of drug-likeness (QED) is 0.393. The molecule has 0 aliphatic carbocycles. The summed E-state index contributed by atoms with van der Waals surface area (Å²) in [6.45, 7) is 9.14. The first kappa shape index (κ1) is 17.7. The maximum absolute atomic E-state index is 6.86. The van der Waals surface area contributed by atoms with Crippen molar-refractivity contribution in [2.24, 2.45) is 0 Å². The normalized spacial score (nSPS) is 13.9. The van der Waals surface area contributed by atoms with Crippen molar-refractivity contribution in [2.45, 2.75) is 38.8 Å². The van der Waals surface area contributed by atoms with Crippen LogP contribution < -0.4 is 10.4 Å². The number of halogens is 1. The third-order valence-electron chi connectivity index (χ3n) is 4.01. The molecule has 0 N–H and O–H groups in total. The fourth-order valence-corrected chi connectivity index (χ4v) is 8.25. The van der Waals surface area contributed by atoms with Crippen molar-refractivity contribution in [3.8, 4) is 0 Å². The summed E-state index contributed by atoms with van der Waals surface area (Å²) in [5.41, 5.74) is 0. The van der Waals surface area contributed by atoms with Crippen LogP contribution in [-0.4, -0.2) is 18.8 Å². The molecule has 0 heterocycles. The molecule has 0 aliphatic heterocycles. The Hall–Kier alpha value is -0.653. The lowest BCUT2D eigenvalue weighted by molar-refractivity contribution is 0.233. The van der Waals surface area contributed by atoms with Crippen LogP contribution in [0, 0.1) is 0 Å². The molecule has 2 aromatic carbocycles. The van der Waals surface area contributed by atoms with E-state index in [9.17, 15) is 0 Å². The zero-order valence-electron chi connectivity index (χ0n) is 13.8. The molecule has 118 valence electrons. The Kier molecular flexibility index (Phi) is 5.86. The molecular formula is C19H25IOSi. The third kappa shape index (κ3) is 3.47. The van der Waals surface area contributed by atoms with E-state index in [2.05, 4.69) is 111 Å². The average Bonchev–Trinajstić information content (AvgIpc) is 2.52. The molecule has 0 bridgehead atoms. The molecule has 0 aromatic heterocycles. The van der Waals surface area contributed by atoms with Crippen LogP contribution in [0.5, 0.6) is 0 Å². The molecule has 0 radical (unpaired) electrons. The molecule has 3 heteroatoms. The zero-order chi connectivity index (χ0) is 16.2. The minimum Gasteiger partial charge on any atom is -0.404 e. The van der Waals surface area contributed by atoms with Crippen molar-refractivity contribution in [1.29, 1.82) is 0 Å². The van der Waals surface area contributed by atoms with Gasteiger partial charge in [0.1, 0.15) is 0 Å². The highest BCUT2D eigenvalue weighted by atomic mass is 127. The van der Waals surface area contributed by atoms with Gasteiger partial charge in [-0.25, -0.2) is 0 Å². The summed E-state index contributed by atoms with van der Waals surface area (Å²) < 4.78 is 7.86. The van der Waals surface area contributed by atoms with Crippen LogP contribution in [0.2, 0.25) is 5.04 Å². The monoisotopic (exact) mass is 424 g/mol. The fraction of sp³-hybridized carbons (Fsp3) is 0.368. The van der Waals surface area contributed by atoms with Crippen molar-refractivity contribution in [2.75, 3.05) is 4.43 Å². The Labute approximate surface area is 149 Å². The maximum Gasteiger partial charge on any atom is 0.261 e. The van der Waals surface area contributed by atoms with Gasteiger partial charge in [0.2, 0.25) is 0 Å². The highest BCUT2D eigenvalue weighted by Crippen LogP contribution is 2.37. The lowest BCUT2D eigenvalue weighted by Gasteiger charge is -2.44. The number of hydrogen-bond acceptors (Lipinski definition) is 1. The van der Waals surface area contributed by atoms with E-state index < -0.39 is 8.32 Å². The van der Waals surface area contributed by atoms with Gasteiger partial charge in [-0.3, -0.25) is 0 Å². The Bertz CT molecular complexity index is 538. The van der Waals surface area contributed by atoms with Crippen LogP contribution in [-0.2, 0) is 4.43 Å². The Morgan fingerprint density at radius 3 is 1.64 bits per heavy atom. The van der Waals surface area contributed by atoms with E-state index in [1.54, 1.807) is 0 Å². The van der Waals surface area contributed by atoms with Gasteiger partial charge < -0.3 is 4.43 Å². The summed E-state index contributed by atoms with van der Waals surface area (Å²) in [6.07, 6.45) is 0.243. The van der Waals surface area contributed by atoms with Crippen molar-refractivity contribution in [1.82, 2.24) is 0 Å². The molecule has 1 unspecified atom stereocenters. The average molecular weight is 424 g/mol. The summed E-state index contributed by atoms with van der Waals surface area (Å²) in [7, 11) is -2.34. The van der Waals surface area contributed by atoms with E-state index in [-0.39, 0.29) is 11.1 Å². The first-order chi connectivity index (χ1) is 10.4. The van der Waals surface area contributed by atoms with Crippen molar-refractivity contribution in [3.63, 3.8) is 0 Å².